The highest BCUT2D eigenvalue weighted by molar-refractivity contribution is 7.26. The lowest BCUT2D eigenvalue weighted by molar-refractivity contribution is 0.436. The molecule has 0 N–H and O–H groups in total. The second kappa shape index (κ2) is 12.3. The molecule has 1 aliphatic heterocycles. The first-order chi connectivity index (χ1) is 29.3. The Labute approximate surface area is 344 Å². The van der Waals surface area contributed by atoms with Crippen molar-refractivity contribution in [1.82, 2.24) is 9.97 Å². The van der Waals surface area contributed by atoms with Crippen LogP contribution in [0.5, 0.6) is 11.5 Å². The van der Waals surface area contributed by atoms with Crippen molar-refractivity contribution in [1.29, 1.82) is 0 Å². The number of rotatable bonds is 3. The molecule has 0 saturated carbocycles. The highest BCUT2D eigenvalue weighted by Crippen LogP contribution is 2.63. The summed E-state index contributed by atoms with van der Waals surface area (Å²) in [4.78, 5) is 11.0. The van der Waals surface area contributed by atoms with Crippen molar-refractivity contribution in [3.8, 4) is 56.4 Å². The van der Waals surface area contributed by atoms with Gasteiger partial charge in [0.15, 0.2) is 5.82 Å². The Bertz CT molecular complexity index is 3500. The first kappa shape index (κ1) is 32.7. The van der Waals surface area contributed by atoms with E-state index in [2.05, 4.69) is 194 Å². The van der Waals surface area contributed by atoms with Crippen molar-refractivity contribution < 1.29 is 4.74 Å². The highest BCUT2D eigenvalue weighted by atomic mass is 32.1. The Hall–Kier alpha value is -7.40. The molecule has 11 aromatic rings. The van der Waals surface area contributed by atoms with Crippen molar-refractivity contribution >= 4 is 53.2 Å². The van der Waals surface area contributed by atoms with Gasteiger partial charge in [-0.25, -0.2) is 9.97 Å². The molecule has 9 aromatic carbocycles. The number of fused-ring (bicyclic) bond motifs is 15. The number of hydrogen-bond acceptors (Lipinski definition) is 4. The molecule has 0 radical (unpaired) electrons. The zero-order valence-corrected chi connectivity index (χ0v) is 32.5. The van der Waals surface area contributed by atoms with Crippen LogP contribution in [0.4, 0.5) is 0 Å². The lowest BCUT2D eigenvalue weighted by Gasteiger charge is -2.39. The fourth-order valence-electron chi connectivity index (χ4n) is 10.1. The van der Waals surface area contributed by atoms with Crippen LogP contribution in [0.25, 0.3) is 86.7 Å². The summed E-state index contributed by atoms with van der Waals surface area (Å²) < 4.78 is 8.99. The maximum atomic E-state index is 6.71. The molecule has 0 saturated heterocycles. The minimum atomic E-state index is -0.616. The fraction of sp³-hybridized carbons (Fsp3) is 0.0182. The van der Waals surface area contributed by atoms with Crippen LogP contribution in [-0.2, 0) is 5.41 Å². The van der Waals surface area contributed by atoms with Gasteiger partial charge in [-0.15, -0.1) is 11.3 Å². The van der Waals surface area contributed by atoms with E-state index < -0.39 is 5.41 Å². The molecule has 2 aliphatic rings. The molecular formula is C55H32N2OS. The normalized spacial score (nSPS) is 13.4. The molecule has 4 heteroatoms. The van der Waals surface area contributed by atoms with Gasteiger partial charge in [0, 0.05) is 32.3 Å². The lowest BCUT2D eigenvalue weighted by atomic mass is 9.66. The SMILES string of the molecule is c1ccc(-c2cccc3c(-c4nc(-c5ccc6c(c5)C5(c7ccccc7Oc7ccccc75)c5ccc7ccccc7c5-6)c5sc6ccccc6c5n4)cccc23)cc1. The quantitative estimate of drug-likeness (QED) is 0.180. The second-order valence-corrected chi connectivity index (χ2v) is 16.6. The first-order valence-electron chi connectivity index (χ1n) is 20.1. The Morgan fingerprint density at radius 3 is 1.90 bits per heavy atom. The van der Waals surface area contributed by atoms with Crippen LogP contribution in [0, 0.1) is 0 Å². The molecule has 0 atom stereocenters. The van der Waals surface area contributed by atoms with Crippen LogP contribution in [-0.4, -0.2) is 9.97 Å². The molecule has 2 aromatic heterocycles. The van der Waals surface area contributed by atoms with Crippen molar-refractivity contribution in [3.63, 3.8) is 0 Å². The van der Waals surface area contributed by atoms with Crippen LogP contribution in [0.3, 0.4) is 0 Å². The number of thiophene rings is 1. The Balaban J connectivity index is 1.12. The van der Waals surface area contributed by atoms with E-state index in [1.807, 2.05) is 0 Å². The van der Waals surface area contributed by atoms with Gasteiger partial charge in [0.25, 0.3) is 0 Å². The summed E-state index contributed by atoms with van der Waals surface area (Å²) in [6.45, 7) is 0. The monoisotopic (exact) mass is 768 g/mol. The minimum absolute atomic E-state index is 0.616. The number of benzene rings is 9. The number of ether oxygens (including phenoxy) is 1. The summed E-state index contributed by atoms with van der Waals surface area (Å²) in [5.74, 6) is 2.48. The van der Waals surface area contributed by atoms with Crippen LogP contribution in [0.1, 0.15) is 22.3 Å². The zero-order chi connectivity index (χ0) is 38.7. The third-order valence-corrected chi connectivity index (χ3v) is 13.7. The molecule has 0 bridgehead atoms. The van der Waals surface area contributed by atoms with Gasteiger partial charge in [-0.05, 0) is 79.2 Å². The van der Waals surface area contributed by atoms with E-state index in [4.69, 9.17) is 14.7 Å². The van der Waals surface area contributed by atoms with Gasteiger partial charge in [0.05, 0.1) is 21.3 Å². The Morgan fingerprint density at radius 2 is 1.08 bits per heavy atom. The van der Waals surface area contributed by atoms with E-state index in [0.717, 1.165) is 66.3 Å². The molecule has 1 aliphatic carbocycles. The Morgan fingerprint density at radius 1 is 0.424 bits per heavy atom. The first-order valence-corrected chi connectivity index (χ1v) is 20.9. The molecule has 0 unspecified atom stereocenters. The van der Waals surface area contributed by atoms with E-state index in [9.17, 15) is 0 Å². The molecule has 1 spiro atoms. The van der Waals surface area contributed by atoms with Crippen molar-refractivity contribution in [2.45, 2.75) is 5.41 Å². The summed E-state index contributed by atoms with van der Waals surface area (Å²) in [7, 11) is 0. The van der Waals surface area contributed by atoms with Gasteiger partial charge < -0.3 is 4.74 Å². The van der Waals surface area contributed by atoms with Gasteiger partial charge in [-0.3, -0.25) is 0 Å². The fourth-order valence-corrected chi connectivity index (χ4v) is 11.2. The van der Waals surface area contributed by atoms with E-state index in [-0.39, 0.29) is 0 Å². The van der Waals surface area contributed by atoms with E-state index in [0.29, 0.717) is 0 Å². The highest BCUT2D eigenvalue weighted by Gasteiger charge is 2.51. The second-order valence-electron chi connectivity index (χ2n) is 15.6. The van der Waals surface area contributed by atoms with E-state index in [1.165, 1.54) is 54.2 Å². The molecule has 3 nitrogen and oxygen atoms in total. The summed E-state index contributed by atoms with van der Waals surface area (Å²) in [5.41, 5.74) is 13.1. The Kier molecular flexibility index (Phi) is 6.81. The van der Waals surface area contributed by atoms with Crippen LogP contribution >= 0.6 is 11.3 Å². The largest absolute Gasteiger partial charge is 0.457 e. The maximum Gasteiger partial charge on any atom is 0.161 e. The van der Waals surface area contributed by atoms with Crippen LogP contribution in [0.15, 0.2) is 194 Å². The average Bonchev–Trinajstić information content (AvgIpc) is 3.82. The lowest BCUT2D eigenvalue weighted by Crippen LogP contribution is -2.32. The number of aromatic nitrogens is 2. The van der Waals surface area contributed by atoms with Crippen molar-refractivity contribution in [2.75, 3.05) is 0 Å². The summed E-state index contributed by atoms with van der Waals surface area (Å²) in [5, 5.41) is 5.93. The third kappa shape index (κ3) is 4.52. The summed E-state index contributed by atoms with van der Waals surface area (Å²) in [6, 6.07) is 70.0. The molecule has 3 heterocycles. The number of para-hydroxylation sites is 2. The van der Waals surface area contributed by atoms with Crippen LogP contribution in [0.2, 0.25) is 0 Å². The minimum Gasteiger partial charge on any atom is -0.457 e. The maximum absolute atomic E-state index is 6.71. The predicted octanol–water partition coefficient (Wildman–Crippen LogP) is 14.6. The molecule has 59 heavy (non-hydrogen) atoms. The number of hydrogen-bond donors (Lipinski definition) is 0. The van der Waals surface area contributed by atoms with Crippen LogP contribution < -0.4 is 4.74 Å². The molecule has 0 fully saturated rings. The van der Waals surface area contributed by atoms with Gasteiger partial charge in [-0.2, -0.15) is 0 Å². The molecule has 274 valence electrons. The van der Waals surface area contributed by atoms with E-state index in [1.54, 1.807) is 11.3 Å². The van der Waals surface area contributed by atoms with Gasteiger partial charge in [-0.1, -0.05) is 170 Å². The van der Waals surface area contributed by atoms with Gasteiger partial charge in [0.2, 0.25) is 0 Å². The van der Waals surface area contributed by atoms with E-state index >= 15 is 0 Å². The van der Waals surface area contributed by atoms with Crippen molar-refractivity contribution in [3.05, 3.63) is 216 Å². The van der Waals surface area contributed by atoms with Gasteiger partial charge in [0.1, 0.15) is 11.5 Å². The topological polar surface area (TPSA) is 35.0 Å². The predicted molar refractivity (Wildman–Crippen MR) is 244 cm³/mol. The molecule has 0 amide bonds. The van der Waals surface area contributed by atoms with Crippen molar-refractivity contribution in [2.24, 2.45) is 0 Å². The third-order valence-electron chi connectivity index (χ3n) is 12.6. The summed E-state index contributed by atoms with van der Waals surface area (Å²) >= 11 is 1.77. The smallest absolute Gasteiger partial charge is 0.161 e. The number of nitrogens with zero attached hydrogens (tertiary/aromatic N) is 2. The standard InChI is InChI=1S/C55H32N2OS/c1-2-14-33(15-3-1)36-19-12-21-39-38(36)20-13-22-40(39)54-56-51(53-52(57-54)42-18-6-11-27-49(42)59-53)35-28-30-41-46(32-35)55(45-31-29-34-16-4-5-17-37(34)50(41)45)43-23-7-9-25-47(43)58-48-26-10-8-24-44(48)55/h1-32H. The average molecular weight is 769 g/mol. The molecular weight excluding hydrogens is 737 g/mol. The summed E-state index contributed by atoms with van der Waals surface area (Å²) in [6.07, 6.45) is 0. The van der Waals surface area contributed by atoms with Gasteiger partial charge >= 0.3 is 0 Å². The molecule has 13 rings (SSSR count). The zero-order valence-electron chi connectivity index (χ0n) is 31.7.